The average molecular weight is 183 g/mol. The second-order valence-corrected chi connectivity index (χ2v) is 2.97. The maximum atomic E-state index is 5.44. The lowest BCUT2D eigenvalue weighted by Crippen LogP contribution is -2.03. The smallest absolute Gasteiger partial charge is 0.0760 e. The third kappa shape index (κ3) is 3.57. The zero-order chi connectivity index (χ0) is 9.52. The molecule has 0 fully saturated rings. The largest absolute Gasteiger partial charge is 0.385 e. The Morgan fingerprint density at radius 3 is 3.00 bits per heavy atom. The predicted octanol–water partition coefficient (Wildman–Crippen LogP) is 0.768. The van der Waals surface area contributed by atoms with E-state index in [-0.39, 0.29) is 0 Å². The minimum atomic E-state index is 0.519. The molecule has 0 radical (unpaired) electrons. The predicted molar refractivity (Wildman–Crippen MR) is 51.2 cm³/mol. The first-order valence-electron chi connectivity index (χ1n) is 4.58. The molecule has 13 heavy (non-hydrogen) atoms. The Labute approximate surface area is 78.7 Å². The van der Waals surface area contributed by atoms with Crippen molar-refractivity contribution >= 4 is 0 Å². The Bertz CT molecular complexity index is 235. The van der Waals surface area contributed by atoms with Gasteiger partial charge >= 0.3 is 0 Å². The summed E-state index contributed by atoms with van der Waals surface area (Å²) in [7, 11) is 1.72. The standard InChI is InChI=1S/C9H17N3O/c1-13-7-3-2-5-12-6-4-9(8-10)11-12/h4,6H,2-3,5,7-8,10H2,1H3. The molecule has 1 aromatic heterocycles. The summed E-state index contributed by atoms with van der Waals surface area (Å²) >= 11 is 0. The van der Waals surface area contributed by atoms with Crippen molar-refractivity contribution < 1.29 is 4.74 Å². The van der Waals surface area contributed by atoms with E-state index in [0.717, 1.165) is 31.7 Å². The molecule has 0 unspecified atom stereocenters. The monoisotopic (exact) mass is 183 g/mol. The van der Waals surface area contributed by atoms with Gasteiger partial charge in [-0.15, -0.1) is 0 Å². The summed E-state index contributed by atoms with van der Waals surface area (Å²) in [5.41, 5.74) is 6.39. The third-order valence-electron chi connectivity index (χ3n) is 1.89. The van der Waals surface area contributed by atoms with Crippen molar-refractivity contribution in [3.8, 4) is 0 Å². The maximum absolute atomic E-state index is 5.44. The first-order chi connectivity index (χ1) is 6.36. The lowest BCUT2D eigenvalue weighted by atomic mass is 10.3. The summed E-state index contributed by atoms with van der Waals surface area (Å²) in [6, 6.07) is 1.95. The number of aryl methyl sites for hydroxylation is 1. The summed E-state index contributed by atoms with van der Waals surface area (Å²) < 4.78 is 6.88. The number of nitrogens with two attached hydrogens (primary N) is 1. The van der Waals surface area contributed by atoms with E-state index < -0.39 is 0 Å². The minimum absolute atomic E-state index is 0.519. The molecule has 0 spiro atoms. The van der Waals surface area contributed by atoms with Crippen LogP contribution in [0, 0.1) is 0 Å². The van der Waals surface area contributed by atoms with Gasteiger partial charge in [0.25, 0.3) is 0 Å². The van der Waals surface area contributed by atoms with Crippen molar-refractivity contribution in [1.29, 1.82) is 0 Å². The summed E-state index contributed by atoms with van der Waals surface area (Å²) in [5, 5.41) is 4.28. The van der Waals surface area contributed by atoms with Crippen molar-refractivity contribution in [2.45, 2.75) is 25.9 Å². The van der Waals surface area contributed by atoms with Crippen molar-refractivity contribution in [2.75, 3.05) is 13.7 Å². The number of ether oxygens (including phenoxy) is 1. The molecule has 4 nitrogen and oxygen atoms in total. The highest BCUT2D eigenvalue weighted by Gasteiger charge is 1.95. The van der Waals surface area contributed by atoms with Gasteiger partial charge < -0.3 is 10.5 Å². The molecule has 2 N–H and O–H groups in total. The van der Waals surface area contributed by atoms with Crippen LogP contribution < -0.4 is 5.73 Å². The van der Waals surface area contributed by atoms with Crippen molar-refractivity contribution in [1.82, 2.24) is 9.78 Å². The molecule has 0 aliphatic carbocycles. The van der Waals surface area contributed by atoms with E-state index in [9.17, 15) is 0 Å². The van der Waals surface area contributed by atoms with E-state index in [1.165, 1.54) is 0 Å². The highest BCUT2D eigenvalue weighted by molar-refractivity contribution is 4.97. The zero-order valence-corrected chi connectivity index (χ0v) is 8.07. The molecule has 1 aromatic rings. The van der Waals surface area contributed by atoms with Crippen LogP contribution in [0.4, 0.5) is 0 Å². The van der Waals surface area contributed by atoms with Crippen LogP contribution in [-0.2, 0) is 17.8 Å². The van der Waals surface area contributed by atoms with Crippen LogP contribution in [0.2, 0.25) is 0 Å². The van der Waals surface area contributed by atoms with Gasteiger partial charge in [-0.1, -0.05) is 0 Å². The highest BCUT2D eigenvalue weighted by atomic mass is 16.5. The van der Waals surface area contributed by atoms with Crippen LogP contribution in [0.3, 0.4) is 0 Å². The fourth-order valence-electron chi connectivity index (χ4n) is 1.16. The van der Waals surface area contributed by atoms with Crippen LogP contribution in [0.1, 0.15) is 18.5 Å². The number of hydrogen-bond donors (Lipinski definition) is 1. The lowest BCUT2D eigenvalue weighted by Gasteiger charge is -2.00. The van der Waals surface area contributed by atoms with Crippen LogP contribution >= 0.6 is 0 Å². The van der Waals surface area contributed by atoms with Gasteiger partial charge in [-0.25, -0.2) is 0 Å². The normalized spacial score (nSPS) is 10.6. The van der Waals surface area contributed by atoms with Crippen molar-refractivity contribution in [2.24, 2.45) is 5.73 Å². The molecule has 0 aliphatic heterocycles. The van der Waals surface area contributed by atoms with Gasteiger partial charge in [0.15, 0.2) is 0 Å². The molecule has 0 aliphatic rings. The summed E-state index contributed by atoms with van der Waals surface area (Å²) in [4.78, 5) is 0. The molecular weight excluding hydrogens is 166 g/mol. The minimum Gasteiger partial charge on any atom is -0.385 e. The Balaban J connectivity index is 2.20. The van der Waals surface area contributed by atoms with Crippen molar-refractivity contribution in [3.63, 3.8) is 0 Å². The topological polar surface area (TPSA) is 53.1 Å². The van der Waals surface area contributed by atoms with Crippen LogP contribution in [-0.4, -0.2) is 23.5 Å². The van der Waals surface area contributed by atoms with E-state index in [0.29, 0.717) is 6.54 Å². The molecule has 1 heterocycles. The SMILES string of the molecule is COCCCCn1ccc(CN)n1. The first kappa shape index (κ1) is 10.2. The zero-order valence-electron chi connectivity index (χ0n) is 8.07. The second kappa shape index (κ2) is 5.72. The lowest BCUT2D eigenvalue weighted by molar-refractivity contribution is 0.191. The van der Waals surface area contributed by atoms with Gasteiger partial charge in [-0.05, 0) is 18.9 Å². The number of hydrogen-bond acceptors (Lipinski definition) is 3. The van der Waals surface area contributed by atoms with Crippen LogP contribution in [0.5, 0.6) is 0 Å². The number of rotatable bonds is 6. The van der Waals surface area contributed by atoms with Gasteiger partial charge in [0.05, 0.1) is 5.69 Å². The molecule has 4 heteroatoms. The van der Waals surface area contributed by atoms with Gasteiger partial charge in [0.2, 0.25) is 0 Å². The quantitative estimate of drug-likeness (QED) is 0.663. The van der Waals surface area contributed by atoms with Gasteiger partial charge in [-0.3, -0.25) is 4.68 Å². The molecule has 0 amide bonds. The number of unbranched alkanes of at least 4 members (excludes halogenated alkanes) is 1. The summed E-state index contributed by atoms with van der Waals surface area (Å²) in [5.74, 6) is 0. The van der Waals surface area contributed by atoms with Crippen LogP contribution in [0.25, 0.3) is 0 Å². The van der Waals surface area contributed by atoms with Crippen LogP contribution in [0.15, 0.2) is 12.3 Å². The van der Waals surface area contributed by atoms with Gasteiger partial charge in [0, 0.05) is 33.0 Å². The Morgan fingerprint density at radius 2 is 2.38 bits per heavy atom. The van der Waals surface area contributed by atoms with Gasteiger partial charge in [0.1, 0.15) is 0 Å². The molecule has 74 valence electrons. The number of aromatic nitrogens is 2. The van der Waals surface area contributed by atoms with E-state index in [1.807, 2.05) is 16.9 Å². The fraction of sp³-hybridized carbons (Fsp3) is 0.667. The van der Waals surface area contributed by atoms with Crippen molar-refractivity contribution in [3.05, 3.63) is 18.0 Å². The highest BCUT2D eigenvalue weighted by Crippen LogP contribution is 1.97. The third-order valence-corrected chi connectivity index (χ3v) is 1.89. The molecule has 0 saturated heterocycles. The Hall–Kier alpha value is -0.870. The number of nitrogens with zero attached hydrogens (tertiary/aromatic N) is 2. The fourth-order valence-corrected chi connectivity index (χ4v) is 1.16. The van der Waals surface area contributed by atoms with E-state index in [1.54, 1.807) is 7.11 Å². The molecular formula is C9H17N3O. The van der Waals surface area contributed by atoms with E-state index in [4.69, 9.17) is 10.5 Å². The van der Waals surface area contributed by atoms with E-state index in [2.05, 4.69) is 5.10 Å². The Morgan fingerprint density at radius 1 is 1.54 bits per heavy atom. The Kier molecular flexibility index (Phi) is 4.49. The molecule has 0 saturated carbocycles. The summed E-state index contributed by atoms with van der Waals surface area (Å²) in [6.07, 6.45) is 4.14. The average Bonchev–Trinajstić information content (AvgIpc) is 2.60. The van der Waals surface area contributed by atoms with E-state index >= 15 is 0 Å². The molecule has 1 rings (SSSR count). The molecule has 0 atom stereocenters. The number of methoxy groups -OCH3 is 1. The van der Waals surface area contributed by atoms with Gasteiger partial charge in [-0.2, -0.15) is 5.10 Å². The molecule has 0 bridgehead atoms. The summed E-state index contributed by atoms with van der Waals surface area (Å²) in [6.45, 7) is 2.29. The first-order valence-corrected chi connectivity index (χ1v) is 4.58. The molecule has 0 aromatic carbocycles. The second-order valence-electron chi connectivity index (χ2n) is 2.97. The maximum Gasteiger partial charge on any atom is 0.0760 e.